The Morgan fingerprint density at radius 3 is 2.53 bits per heavy atom. The first-order valence-electron chi connectivity index (χ1n) is 5.95. The van der Waals surface area contributed by atoms with Gasteiger partial charge in [0.15, 0.2) is 17.4 Å². The minimum absolute atomic E-state index is 0.282. The van der Waals surface area contributed by atoms with Crippen LogP contribution in [0.3, 0.4) is 0 Å². The molecule has 0 radical (unpaired) electrons. The molecule has 0 amide bonds. The van der Waals surface area contributed by atoms with Crippen LogP contribution in [0.4, 0.5) is 8.78 Å². The monoisotopic (exact) mass is 243 g/mol. The van der Waals surface area contributed by atoms with Crippen LogP contribution in [-0.4, -0.2) is 19.2 Å². The van der Waals surface area contributed by atoms with E-state index in [1.54, 1.807) is 0 Å². The highest BCUT2D eigenvalue weighted by molar-refractivity contribution is 5.25. The van der Waals surface area contributed by atoms with Gasteiger partial charge < -0.3 is 10.1 Å². The lowest BCUT2D eigenvalue weighted by molar-refractivity contribution is 0.264. The van der Waals surface area contributed by atoms with Crippen LogP contribution in [0.25, 0.3) is 0 Å². The predicted molar refractivity (Wildman–Crippen MR) is 64.2 cm³/mol. The maximum absolute atomic E-state index is 13.2. The normalized spacial score (nSPS) is 12.5. The molecule has 0 saturated heterocycles. The second-order valence-electron chi connectivity index (χ2n) is 4.04. The first-order valence-corrected chi connectivity index (χ1v) is 5.95. The van der Waals surface area contributed by atoms with Gasteiger partial charge in [0.1, 0.15) is 0 Å². The molecule has 0 saturated carbocycles. The zero-order chi connectivity index (χ0) is 12.7. The molecule has 1 N–H and O–H groups in total. The standard InChI is InChI=1S/C13H19F2NO/c1-3-8-16-10(2)7-9-17-13-11(14)5-4-6-12(13)15/h4-6,10,16H,3,7-9H2,1-2H3. The molecule has 4 heteroatoms. The molecule has 17 heavy (non-hydrogen) atoms. The van der Waals surface area contributed by atoms with Gasteiger partial charge in [-0.25, -0.2) is 8.78 Å². The van der Waals surface area contributed by atoms with Crippen molar-refractivity contribution in [1.29, 1.82) is 0 Å². The number of benzene rings is 1. The fraction of sp³-hybridized carbons (Fsp3) is 0.538. The third-order valence-corrected chi connectivity index (χ3v) is 2.46. The van der Waals surface area contributed by atoms with Crippen molar-refractivity contribution in [1.82, 2.24) is 5.32 Å². The van der Waals surface area contributed by atoms with Crippen LogP contribution in [0.1, 0.15) is 26.7 Å². The number of rotatable bonds is 7. The fourth-order valence-electron chi connectivity index (χ4n) is 1.45. The largest absolute Gasteiger partial charge is 0.488 e. The van der Waals surface area contributed by atoms with Crippen molar-refractivity contribution in [3.05, 3.63) is 29.8 Å². The Kier molecular flexibility index (Phi) is 5.91. The molecule has 1 unspecified atom stereocenters. The van der Waals surface area contributed by atoms with Gasteiger partial charge >= 0.3 is 0 Å². The number of ether oxygens (including phenoxy) is 1. The first-order chi connectivity index (χ1) is 8.15. The average Bonchev–Trinajstić information content (AvgIpc) is 2.30. The zero-order valence-corrected chi connectivity index (χ0v) is 10.3. The molecule has 0 bridgehead atoms. The van der Waals surface area contributed by atoms with Gasteiger partial charge in [0.25, 0.3) is 0 Å². The highest BCUT2D eigenvalue weighted by Crippen LogP contribution is 2.20. The van der Waals surface area contributed by atoms with Crippen molar-refractivity contribution in [2.75, 3.05) is 13.2 Å². The van der Waals surface area contributed by atoms with Crippen LogP contribution in [0.15, 0.2) is 18.2 Å². The number of para-hydroxylation sites is 1. The molecule has 0 aromatic heterocycles. The summed E-state index contributed by atoms with van der Waals surface area (Å²) in [5, 5.41) is 3.28. The quantitative estimate of drug-likeness (QED) is 0.794. The van der Waals surface area contributed by atoms with Crippen LogP contribution in [0.2, 0.25) is 0 Å². The molecule has 1 rings (SSSR count). The van der Waals surface area contributed by atoms with Crippen LogP contribution in [0, 0.1) is 11.6 Å². The van der Waals surface area contributed by atoms with Crippen molar-refractivity contribution in [2.24, 2.45) is 0 Å². The summed E-state index contributed by atoms with van der Waals surface area (Å²) in [6.07, 6.45) is 1.78. The highest BCUT2D eigenvalue weighted by Gasteiger charge is 2.09. The Labute approximate surface area is 101 Å². The summed E-state index contributed by atoms with van der Waals surface area (Å²) in [6, 6.07) is 3.99. The van der Waals surface area contributed by atoms with Gasteiger partial charge in [-0.3, -0.25) is 0 Å². The topological polar surface area (TPSA) is 21.3 Å². The van der Waals surface area contributed by atoms with E-state index in [-0.39, 0.29) is 11.8 Å². The molecule has 96 valence electrons. The van der Waals surface area contributed by atoms with Crippen molar-refractivity contribution < 1.29 is 13.5 Å². The summed E-state index contributed by atoms with van der Waals surface area (Å²) < 4.78 is 31.5. The van der Waals surface area contributed by atoms with E-state index in [4.69, 9.17) is 4.74 Å². The lowest BCUT2D eigenvalue weighted by atomic mass is 10.2. The number of hydrogen-bond acceptors (Lipinski definition) is 2. The molecule has 1 aromatic rings. The molecule has 2 nitrogen and oxygen atoms in total. The molecule has 1 aromatic carbocycles. The number of nitrogens with one attached hydrogen (secondary N) is 1. The summed E-state index contributed by atoms with van der Waals surface area (Å²) in [5.74, 6) is -1.59. The Hall–Kier alpha value is -1.16. The summed E-state index contributed by atoms with van der Waals surface area (Å²) in [4.78, 5) is 0. The van der Waals surface area contributed by atoms with Crippen LogP contribution >= 0.6 is 0 Å². The van der Waals surface area contributed by atoms with E-state index in [1.165, 1.54) is 18.2 Å². The van der Waals surface area contributed by atoms with Crippen molar-refractivity contribution in [2.45, 2.75) is 32.7 Å². The minimum atomic E-state index is -0.654. The van der Waals surface area contributed by atoms with Gasteiger partial charge in [0, 0.05) is 6.04 Å². The van der Waals surface area contributed by atoms with Gasteiger partial charge in [-0.2, -0.15) is 0 Å². The van der Waals surface area contributed by atoms with E-state index in [9.17, 15) is 8.78 Å². The Bertz CT molecular complexity index is 324. The molecular weight excluding hydrogens is 224 g/mol. The van der Waals surface area contributed by atoms with Gasteiger partial charge in [-0.15, -0.1) is 0 Å². The summed E-state index contributed by atoms with van der Waals surface area (Å²) >= 11 is 0. The first kappa shape index (κ1) is 13.9. The van der Waals surface area contributed by atoms with Gasteiger partial charge in [0.2, 0.25) is 0 Å². The van der Waals surface area contributed by atoms with Crippen LogP contribution in [-0.2, 0) is 0 Å². The highest BCUT2D eigenvalue weighted by atomic mass is 19.1. The van der Waals surface area contributed by atoms with E-state index in [2.05, 4.69) is 12.2 Å². The van der Waals surface area contributed by atoms with E-state index >= 15 is 0 Å². The van der Waals surface area contributed by atoms with Crippen molar-refractivity contribution >= 4 is 0 Å². The molecule has 0 aliphatic rings. The molecular formula is C13H19F2NO. The van der Waals surface area contributed by atoms with Crippen molar-refractivity contribution in [3.63, 3.8) is 0 Å². The Morgan fingerprint density at radius 1 is 1.29 bits per heavy atom. The smallest absolute Gasteiger partial charge is 0.190 e. The lowest BCUT2D eigenvalue weighted by Crippen LogP contribution is -2.28. The van der Waals surface area contributed by atoms with Crippen LogP contribution < -0.4 is 10.1 Å². The minimum Gasteiger partial charge on any atom is -0.488 e. The maximum atomic E-state index is 13.2. The maximum Gasteiger partial charge on any atom is 0.190 e. The zero-order valence-electron chi connectivity index (χ0n) is 10.3. The van der Waals surface area contributed by atoms with Crippen LogP contribution in [0.5, 0.6) is 5.75 Å². The second-order valence-corrected chi connectivity index (χ2v) is 4.04. The Morgan fingerprint density at radius 2 is 1.94 bits per heavy atom. The number of hydrogen-bond donors (Lipinski definition) is 1. The molecule has 0 heterocycles. The molecule has 1 atom stereocenters. The van der Waals surface area contributed by atoms with E-state index in [0.29, 0.717) is 13.0 Å². The summed E-state index contributed by atoms with van der Waals surface area (Å²) in [7, 11) is 0. The van der Waals surface area contributed by atoms with Crippen molar-refractivity contribution in [3.8, 4) is 5.75 Å². The molecule has 0 aliphatic heterocycles. The van der Waals surface area contributed by atoms with E-state index in [0.717, 1.165) is 13.0 Å². The van der Waals surface area contributed by atoms with Gasteiger partial charge in [0.05, 0.1) is 6.61 Å². The summed E-state index contributed by atoms with van der Waals surface area (Å²) in [6.45, 7) is 5.35. The van der Waals surface area contributed by atoms with E-state index in [1.807, 2.05) is 6.92 Å². The number of halogens is 2. The third-order valence-electron chi connectivity index (χ3n) is 2.46. The fourth-order valence-corrected chi connectivity index (χ4v) is 1.45. The SMILES string of the molecule is CCCNC(C)CCOc1c(F)cccc1F. The molecule has 0 aliphatic carbocycles. The summed E-state index contributed by atoms with van der Waals surface area (Å²) in [5.41, 5.74) is 0. The third kappa shape index (κ3) is 4.69. The molecule has 0 spiro atoms. The van der Waals surface area contributed by atoms with Gasteiger partial charge in [-0.1, -0.05) is 13.0 Å². The predicted octanol–water partition coefficient (Wildman–Crippen LogP) is 3.12. The molecule has 0 fully saturated rings. The van der Waals surface area contributed by atoms with E-state index < -0.39 is 11.6 Å². The second kappa shape index (κ2) is 7.22. The average molecular weight is 243 g/mol. The Balaban J connectivity index is 2.35. The lowest BCUT2D eigenvalue weighted by Gasteiger charge is -2.14. The van der Waals surface area contributed by atoms with Gasteiger partial charge in [-0.05, 0) is 38.4 Å².